The summed E-state index contributed by atoms with van der Waals surface area (Å²) in [5.41, 5.74) is 1.06. The van der Waals surface area contributed by atoms with Crippen LogP contribution in [0.3, 0.4) is 0 Å². The van der Waals surface area contributed by atoms with Crippen molar-refractivity contribution in [3.63, 3.8) is 0 Å². The van der Waals surface area contributed by atoms with Crippen molar-refractivity contribution in [3.05, 3.63) is 29.3 Å². The first-order chi connectivity index (χ1) is 11.2. The van der Waals surface area contributed by atoms with Crippen LogP contribution in [0.4, 0.5) is 0 Å². The number of fused-ring (bicyclic) bond motifs is 1. The number of hydrogen-bond acceptors (Lipinski definition) is 4. The van der Waals surface area contributed by atoms with Crippen LogP contribution in [0.5, 0.6) is 0 Å². The largest absolute Gasteiger partial charge is 0.332 e. The first kappa shape index (κ1) is 15.1. The van der Waals surface area contributed by atoms with Crippen LogP contribution < -0.4 is 0 Å². The minimum absolute atomic E-state index is 0.168. The lowest BCUT2D eigenvalue weighted by Crippen LogP contribution is -2.43. The van der Waals surface area contributed by atoms with Crippen molar-refractivity contribution in [2.45, 2.75) is 44.2 Å². The van der Waals surface area contributed by atoms with E-state index >= 15 is 0 Å². The fourth-order valence-electron chi connectivity index (χ4n) is 3.47. The summed E-state index contributed by atoms with van der Waals surface area (Å²) < 4.78 is 1.22. The maximum atomic E-state index is 12.8. The van der Waals surface area contributed by atoms with Gasteiger partial charge in [-0.2, -0.15) is 0 Å². The first-order valence-corrected chi connectivity index (χ1v) is 9.39. The van der Waals surface area contributed by atoms with Gasteiger partial charge in [-0.25, -0.2) is 4.98 Å². The van der Waals surface area contributed by atoms with Gasteiger partial charge in [-0.3, -0.25) is 9.69 Å². The van der Waals surface area contributed by atoms with Crippen LogP contribution in [0.2, 0.25) is 0 Å². The van der Waals surface area contributed by atoms with E-state index in [1.165, 1.54) is 24.0 Å². The number of carbonyl (C=O) groups is 1. The molecule has 1 saturated heterocycles. The number of rotatable bonds is 4. The van der Waals surface area contributed by atoms with Crippen LogP contribution >= 0.6 is 11.3 Å². The molecule has 1 atom stereocenters. The second-order valence-corrected chi connectivity index (χ2v) is 7.83. The molecular weight excluding hydrogens is 306 g/mol. The molecule has 4 nitrogen and oxygen atoms in total. The molecule has 5 heteroatoms. The highest BCUT2D eigenvalue weighted by molar-refractivity contribution is 7.18. The predicted molar refractivity (Wildman–Crippen MR) is 93.6 cm³/mol. The second kappa shape index (κ2) is 6.21. The van der Waals surface area contributed by atoms with Gasteiger partial charge in [-0.1, -0.05) is 12.1 Å². The molecule has 0 bridgehead atoms. The van der Waals surface area contributed by atoms with E-state index in [9.17, 15) is 4.79 Å². The van der Waals surface area contributed by atoms with E-state index in [0.29, 0.717) is 12.6 Å². The predicted octanol–water partition coefficient (Wildman–Crippen LogP) is 3.44. The summed E-state index contributed by atoms with van der Waals surface area (Å²) in [6.07, 6.45) is 5.82. The number of carbonyl (C=O) groups excluding carboxylic acids is 1. The number of thiazole rings is 1. The highest BCUT2D eigenvalue weighted by atomic mass is 32.1. The summed E-state index contributed by atoms with van der Waals surface area (Å²) in [6.45, 7) is 1.42. The maximum Gasteiger partial charge on any atom is 0.237 e. The molecule has 1 aromatic carbocycles. The van der Waals surface area contributed by atoms with Gasteiger partial charge in [-0.05, 0) is 51.3 Å². The lowest BCUT2D eigenvalue weighted by atomic mass is 10.0. The van der Waals surface area contributed by atoms with Gasteiger partial charge in [0.15, 0.2) is 0 Å². The quantitative estimate of drug-likeness (QED) is 0.862. The monoisotopic (exact) mass is 329 g/mol. The van der Waals surface area contributed by atoms with Gasteiger partial charge in [0.1, 0.15) is 5.01 Å². The van der Waals surface area contributed by atoms with E-state index in [-0.39, 0.29) is 11.9 Å². The van der Waals surface area contributed by atoms with Crippen LogP contribution in [-0.4, -0.2) is 46.9 Å². The molecule has 1 aliphatic carbocycles. The Bertz CT molecular complexity index is 676. The molecule has 0 unspecified atom stereocenters. The number of piperidine rings is 1. The summed E-state index contributed by atoms with van der Waals surface area (Å²) >= 11 is 1.74. The second-order valence-electron chi connectivity index (χ2n) is 6.76. The standard InChI is InChI=1S/C18H23N3OS/c1-20(13-9-10-13)12-17(22)21-11-5-4-7-15(21)18-19-14-6-2-3-8-16(14)23-18/h2-3,6,8,13,15H,4-5,7,9-12H2,1H3/t15-/m0/s1. The third-order valence-corrected chi connectivity index (χ3v) is 6.11. The van der Waals surface area contributed by atoms with Gasteiger partial charge in [-0.15, -0.1) is 11.3 Å². The van der Waals surface area contributed by atoms with Gasteiger partial charge in [0.25, 0.3) is 0 Å². The molecular formula is C18H23N3OS. The highest BCUT2D eigenvalue weighted by Gasteiger charge is 2.33. The number of nitrogens with zero attached hydrogens (tertiary/aromatic N) is 3. The van der Waals surface area contributed by atoms with E-state index in [2.05, 4.69) is 35.0 Å². The third kappa shape index (κ3) is 3.12. The number of benzene rings is 1. The molecule has 0 spiro atoms. The Balaban J connectivity index is 1.55. The van der Waals surface area contributed by atoms with Crippen LogP contribution in [0.1, 0.15) is 43.2 Å². The van der Waals surface area contributed by atoms with Crippen molar-refractivity contribution in [2.75, 3.05) is 20.1 Å². The van der Waals surface area contributed by atoms with Gasteiger partial charge >= 0.3 is 0 Å². The summed E-state index contributed by atoms with van der Waals surface area (Å²) in [5, 5.41) is 1.10. The third-order valence-electron chi connectivity index (χ3n) is 4.97. The van der Waals surface area contributed by atoms with E-state index < -0.39 is 0 Å². The number of aromatic nitrogens is 1. The molecule has 2 aromatic rings. The SMILES string of the molecule is CN(CC(=O)N1CCCC[C@H]1c1nc2ccccc2s1)C1CC1. The van der Waals surface area contributed by atoms with Crippen molar-refractivity contribution in [3.8, 4) is 0 Å². The van der Waals surface area contributed by atoms with Gasteiger partial charge in [0.2, 0.25) is 5.91 Å². The summed E-state index contributed by atoms with van der Waals surface area (Å²) in [5.74, 6) is 0.267. The van der Waals surface area contributed by atoms with Crippen LogP contribution in [-0.2, 0) is 4.79 Å². The zero-order valence-electron chi connectivity index (χ0n) is 13.6. The Hall–Kier alpha value is -1.46. The Morgan fingerprint density at radius 1 is 1.30 bits per heavy atom. The minimum atomic E-state index is 0.168. The molecule has 1 saturated carbocycles. The van der Waals surface area contributed by atoms with Crippen molar-refractivity contribution in [1.82, 2.24) is 14.8 Å². The molecule has 2 fully saturated rings. The first-order valence-electron chi connectivity index (χ1n) is 8.57. The van der Waals surface area contributed by atoms with Crippen molar-refractivity contribution >= 4 is 27.5 Å². The molecule has 2 heterocycles. The average molecular weight is 329 g/mol. The Kier molecular flexibility index (Phi) is 4.07. The van der Waals surface area contributed by atoms with Gasteiger partial charge < -0.3 is 4.90 Å². The molecule has 1 amide bonds. The summed E-state index contributed by atoms with van der Waals surface area (Å²) in [4.78, 5) is 21.9. The molecule has 23 heavy (non-hydrogen) atoms. The van der Waals surface area contributed by atoms with Crippen molar-refractivity contribution < 1.29 is 4.79 Å². The average Bonchev–Trinajstić information content (AvgIpc) is 3.33. The van der Waals surface area contributed by atoms with E-state index in [0.717, 1.165) is 29.9 Å². The van der Waals surface area contributed by atoms with Crippen LogP contribution in [0, 0.1) is 0 Å². The van der Waals surface area contributed by atoms with Crippen molar-refractivity contribution in [1.29, 1.82) is 0 Å². The van der Waals surface area contributed by atoms with Gasteiger partial charge in [0, 0.05) is 12.6 Å². The van der Waals surface area contributed by atoms with Crippen LogP contribution in [0.15, 0.2) is 24.3 Å². The van der Waals surface area contributed by atoms with E-state index in [1.54, 1.807) is 11.3 Å². The molecule has 0 radical (unpaired) electrons. The zero-order chi connectivity index (χ0) is 15.8. The van der Waals surface area contributed by atoms with E-state index in [4.69, 9.17) is 4.98 Å². The number of hydrogen-bond donors (Lipinski definition) is 0. The topological polar surface area (TPSA) is 36.4 Å². The number of likely N-dealkylation sites (tertiary alicyclic amines) is 1. The number of para-hydroxylation sites is 1. The van der Waals surface area contributed by atoms with Crippen molar-refractivity contribution in [2.24, 2.45) is 0 Å². The fourth-order valence-corrected chi connectivity index (χ4v) is 4.58. The Morgan fingerprint density at radius 2 is 2.13 bits per heavy atom. The van der Waals surface area contributed by atoms with Gasteiger partial charge in [0.05, 0.1) is 22.8 Å². The molecule has 4 rings (SSSR count). The number of amides is 1. The minimum Gasteiger partial charge on any atom is -0.332 e. The smallest absolute Gasteiger partial charge is 0.237 e. The molecule has 1 aromatic heterocycles. The summed E-state index contributed by atoms with van der Waals surface area (Å²) in [7, 11) is 2.08. The lowest BCUT2D eigenvalue weighted by Gasteiger charge is -2.35. The van der Waals surface area contributed by atoms with E-state index in [1.807, 2.05) is 6.07 Å². The fraction of sp³-hybridized carbons (Fsp3) is 0.556. The molecule has 122 valence electrons. The lowest BCUT2D eigenvalue weighted by molar-refractivity contribution is -0.136. The Morgan fingerprint density at radius 3 is 2.91 bits per heavy atom. The Labute approximate surface area is 141 Å². The molecule has 2 aliphatic rings. The highest BCUT2D eigenvalue weighted by Crippen LogP contribution is 2.36. The normalized spacial score (nSPS) is 22.0. The number of likely N-dealkylation sites (N-methyl/N-ethyl adjacent to an activating group) is 1. The zero-order valence-corrected chi connectivity index (χ0v) is 14.4. The molecule has 1 aliphatic heterocycles. The van der Waals surface area contributed by atoms with Crippen LogP contribution in [0.25, 0.3) is 10.2 Å². The molecule has 0 N–H and O–H groups in total. The maximum absolute atomic E-state index is 12.8. The summed E-state index contributed by atoms with van der Waals surface area (Å²) in [6, 6.07) is 9.06.